The number of hydrogen-bond acceptors (Lipinski definition) is 5. The Labute approximate surface area is 181 Å². The Morgan fingerprint density at radius 2 is 1.97 bits per heavy atom. The SMILES string of the molecule is O=C(CCc1nnc(C2(c3ccc(Cl)cc3)CCC2)o1)NCCCc1cccnc1. The predicted molar refractivity (Wildman–Crippen MR) is 114 cm³/mol. The van der Waals surface area contributed by atoms with Crippen molar-refractivity contribution in [3.05, 3.63) is 76.7 Å². The van der Waals surface area contributed by atoms with Crippen LogP contribution in [0.4, 0.5) is 0 Å². The van der Waals surface area contributed by atoms with E-state index in [0.29, 0.717) is 36.2 Å². The van der Waals surface area contributed by atoms with Crippen molar-refractivity contribution in [1.82, 2.24) is 20.5 Å². The highest BCUT2D eigenvalue weighted by atomic mass is 35.5. The van der Waals surface area contributed by atoms with Gasteiger partial charge in [-0.3, -0.25) is 9.78 Å². The van der Waals surface area contributed by atoms with E-state index in [1.807, 2.05) is 42.6 Å². The molecule has 156 valence electrons. The largest absolute Gasteiger partial charge is 0.424 e. The molecule has 6 nitrogen and oxygen atoms in total. The number of aryl methyl sites for hydroxylation is 2. The number of aromatic nitrogens is 3. The summed E-state index contributed by atoms with van der Waals surface area (Å²) in [5, 5.41) is 12.2. The third-order valence-corrected chi connectivity index (χ3v) is 5.99. The van der Waals surface area contributed by atoms with Crippen molar-refractivity contribution in [3.8, 4) is 0 Å². The molecule has 30 heavy (non-hydrogen) atoms. The van der Waals surface area contributed by atoms with E-state index in [4.69, 9.17) is 16.0 Å². The minimum Gasteiger partial charge on any atom is -0.424 e. The molecule has 7 heteroatoms. The second-order valence-electron chi connectivity index (χ2n) is 7.76. The third kappa shape index (κ3) is 4.70. The highest BCUT2D eigenvalue weighted by molar-refractivity contribution is 6.30. The maximum Gasteiger partial charge on any atom is 0.227 e. The average Bonchev–Trinajstić information content (AvgIpc) is 3.20. The lowest BCUT2D eigenvalue weighted by atomic mass is 9.64. The van der Waals surface area contributed by atoms with Crippen molar-refractivity contribution in [2.24, 2.45) is 0 Å². The molecule has 1 fully saturated rings. The quantitative estimate of drug-likeness (QED) is 0.519. The Morgan fingerprint density at radius 1 is 1.13 bits per heavy atom. The van der Waals surface area contributed by atoms with E-state index in [1.54, 1.807) is 6.20 Å². The second-order valence-corrected chi connectivity index (χ2v) is 8.19. The number of hydrogen-bond donors (Lipinski definition) is 1. The van der Waals surface area contributed by atoms with Gasteiger partial charge < -0.3 is 9.73 Å². The first-order valence-corrected chi connectivity index (χ1v) is 10.8. The van der Waals surface area contributed by atoms with Gasteiger partial charge >= 0.3 is 0 Å². The number of carbonyl (C=O) groups is 1. The molecular weight excluding hydrogens is 400 g/mol. The number of amides is 1. The fraction of sp³-hybridized carbons (Fsp3) is 0.391. The summed E-state index contributed by atoms with van der Waals surface area (Å²) in [6, 6.07) is 11.8. The summed E-state index contributed by atoms with van der Waals surface area (Å²) in [5.41, 5.74) is 2.11. The van der Waals surface area contributed by atoms with Gasteiger partial charge in [0.2, 0.25) is 17.7 Å². The molecule has 0 aliphatic heterocycles. The third-order valence-electron chi connectivity index (χ3n) is 5.73. The summed E-state index contributed by atoms with van der Waals surface area (Å²) < 4.78 is 5.97. The van der Waals surface area contributed by atoms with Crippen LogP contribution >= 0.6 is 11.6 Å². The van der Waals surface area contributed by atoms with Gasteiger partial charge in [-0.1, -0.05) is 36.2 Å². The smallest absolute Gasteiger partial charge is 0.227 e. The molecule has 0 saturated heterocycles. The van der Waals surface area contributed by atoms with Crippen LogP contribution in [0.2, 0.25) is 5.02 Å². The number of carbonyl (C=O) groups excluding carboxylic acids is 1. The van der Waals surface area contributed by atoms with E-state index in [0.717, 1.165) is 37.7 Å². The Hall–Kier alpha value is -2.73. The van der Waals surface area contributed by atoms with Gasteiger partial charge in [-0.05, 0) is 55.0 Å². The van der Waals surface area contributed by atoms with Crippen molar-refractivity contribution < 1.29 is 9.21 Å². The molecular formula is C23H25ClN4O2. The van der Waals surface area contributed by atoms with Crippen molar-refractivity contribution in [3.63, 3.8) is 0 Å². The standard InChI is InChI=1S/C23H25ClN4O2/c24-19-8-6-18(7-9-19)23(12-3-13-23)22-28-27-21(30-22)11-10-20(29)26-15-2-5-17-4-1-14-25-16-17/h1,4,6-9,14,16H,2-3,5,10-13,15H2,(H,26,29). The maximum atomic E-state index is 12.1. The number of nitrogens with zero attached hydrogens (tertiary/aromatic N) is 3. The van der Waals surface area contributed by atoms with Crippen LogP contribution in [0.25, 0.3) is 0 Å². The lowest BCUT2D eigenvalue weighted by Gasteiger charge is -2.39. The van der Waals surface area contributed by atoms with Gasteiger partial charge in [0, 0.05) is 36.8 Å². The summed E-state index contributed by atoms with van der Waals surface area (Å²) in [7, 11) is 0. The molecule has 0 unspecified atom stereocenters. The van der Waals surface area contributed by atoms with Gasteiger partial charge in [0.05, 0.1) is 5.41 Å². The van der Waals surface area contributed by atoms with Crippen molar-refractivity contribution in [1.29, 1.82) is 0 Å². The van der Waals surface area contributed by atoms with E-state index in [2.05, 4.69) is 20.5 Å². The van der Waals surface area contributed by atoms with Crippen LogP contribution in [-0.2, 0) is 23.1 Å². The van der Waals surface area contributed by atoms with Crippen LogP contribution < -0.4 is 5.32 Å². The first-order chi connectivity index (χ1) is 14.7. The summed E-state index contributed by atoms with van der Waals surface area (Å²) in [6.45, 7) is 0.641. The Kier molecular flexibility index (Phi) is 6.43. The van der Waals surface area contributed by atoms with Crippen LogP contribution in [-0.4, -0.2) is 27.6 Å². The fourth-order valence-electron chi connectivity index (χ4n) is 3.85. The van der Waals surface area contributed by atoms with Gasteiger partial charge in [0.1, 0.15) is 0 Å². The summed E-state index contributed by atoms with van der Waals surface area (Å²) in [6.07, 6.45) is 9.26. The zero-order chi connectivity index (χ0) is 20.8. The van der Waals surface area contributed by atoms with Gasteiger partial charge in [-0.25, -0.2) is 0 Å². The zero-order valence-corrected chi connectivity index (χ0v) is 17.6. The molecule has 1 amide bonds. The molecule has 2 aromatic heterocycles. The summed E-state index contributed by atoms with van der Waals surface area (Å²) in [4.78, 5) is 16.2. The second kappa shape index (κ2) is 9.39. The van der Waals surface area contributed by atoms with E-state index in [-0.39, 0.29) is 11.3 Å². The van der Waals surface area contributed by atoms with Gasteiger partial charge in [-0.15, -0.1) is 10.2 Å². The maximum absolute atomic E-state index is 12.1. The molecule has 1 aliphatic carbocycles. The first kappa shape index (κ1) is 20.5. The van der Waals surface area contributed by atoms with Gasteiger partial charge in [-0.2, -0.15) is 0 Å². The van der Waals surface area contributed by atoms with Crippen molar-refractivity contribution in [2.45, 2.75) is 50.4 Å². The van der Waals surface area contributed by atoms with Crippen molar-refractivity contribution in [2.75, 3.05) is 6.54 Å². The Balaban J connectivity index is 1.26. The van der Waals surface area contributed by atoms with Crippen LogP contribution in [0.5, 0.6) is 0 Å². The predicted octanol–water partition coefficient (Wildman–Crippen LogP) is 4.27. The number of benzene rings is 1. The normalized spacial score (nSPS) is 14.8. The number of pyridine rings is 1. The summed E-state index contributed by atoms with van der Waals surface area (Å²) >= 11 is 6.03. The fourth-order valence-corrected chi connectivity index (χ4v) is 3.97. The van der Waals surface area contributed by atoms with E-state index < -0.39 is 0 Å². The zero-order valence-electron chi connectivity index (χ0n) is 16.8. The van der Waals surface area contributed by atoms with Crippen LogP contribution in [0.1, 0.15) is 55.0 Å². The van der Waals surface area contributed by atoms with Crippen LogP contribution in [0, 0.1) is 0 Å². The Bertz CT molecular complexity index is 968. The van der Waals surface area contributed by atoms with E-state index in [9.17, 15) is 4.79 Å². The van der Waals surface area contributed by atoms with Gasteiger partial charge in [0.25, 0.3) is 0 Å². The number of rotatable bonds is 9. The first-order valence-electron chi connectivity index (χ1n) is 10.4. The molecule has 1 saturated carbocycles. The summed E-state index contributed by atoms with van der Waals surface area (Å²) in [5.74, 6) is 1.15. The molecule has 0 spiro atoms. The Morgan fingerprint density at radius 3 is 2.67 bits per heavy atom. The monoisotopic (exact) mass is 424 g/mol. The van der Waals surface area contributed by atoms with Crippen LogP contribution in [0.15, 0.2) is 53.2 Å². The average molecular weight is 425 g/mol. The molecule has 1 aromatic carbocycles. The van der Waals surface area contributed by atoms with E-state index in [1.165, 1.54) is 5.56 Å². The molecule has 4 rings (SSSR count). The van der Waals surface area contributed by atoms with E-state index >= 15 is 0 Å². The van der Waals surface area contributed by atoms with Gasteiger partial charge in [0.15, 0.2) is 0 Å². The molecule has 0 bridgehead atoms. The topological polar surface area (TPSA) is 80.9 Å². The molecule has 1 aliphatic rings. The minimum atomic E-state index is -0.218. The molecule has 1 N–H and O–H groups in total. The highest BCUT2D eigenvalue weighted by Gasteiger charge is 2.45. The number of nitrogens with one attached hydrogen (secondary N) is 1. The molecule has 3 aromatic rings. The molecule has 0 atom stereocenters. The lowest BCUT2D eigenvalue weighted by molar-refractivity contribution is -0.121. The minimum absolute atomic E-state index is 0.00278. The van der Waals surface area contributed by atoms with Crippen molar-refractivity contribution >= 4 is 17.5 Å². The highest BCUT2D eigenvalue weighted by Crippen LogP contribution is 2.48. The molecule has 2 heterocycles. The number of halogens is 1. The lowest BCUT2D eigenvalue weighted by Crippen LogP contribution is -2.35. The van der Waals surface area contributed by atoms with Crippen LogP contribution in [0.3, 0.4) is 0 Å². The molecule has 0 radical (unpaired) electrons.